The minimum Gasteiger partial charge on any atom is -0.419 e. The average molecular weight is 338 g/mol. The number of carbonyl (C=O) groups excluding carboxylic acids is 1. The summed E-state index contributed by atoms with van der Waals surface area (Å²) in [7, 11) is 0. The van der Waals surface area contributed by atoms with Crippen molar-refractivity contribution in [1.29, 1.82) is 0 Å². The van der Waals surface area contributed by atoms with Crippen molar-refractivity contribution in [3.05, 3.63) is 0 Å². The molecule has 3 nitrogen and oxygen atoms in total. The molecule has 0 N–H and O–H groups in total. The maximum absolute atomic E-state index is 13.4. The van der Waals surface area contributed by atoms with E-state index in [4.69, 9.17) is 0 Å². The summed E-state index contributed by atoms with van der Waals surface area (Å²) in [5.74, 6) is 0. The van der Waals surface area contributed by atoms with Crippen molar-refractivity contribution in [3.63, 3.8) is 0 Å². The number of hydrogen-bond acceptors (Lipinski definition) is 3. The van der Waals surface area contributed by atoms with Gasteiger partial charge in [-0.05, 0) is 27.7 Å². The van der Waals surface area contributed by atoms with Crippen LogP contribution in [0, 0.1) is 0 Å². The van der Waals surface area contributed by atoms with E-state index in [0.29, 0.717) is 0 Å². The first-order chi connectivity index (χ1) is 10.00. The maximum Gasteiger partial charge on any atom is 0.509 e. The van der Waals surface area contributed by atoms with Crippen LogP contribution in [-0.2, 0) is 9.47 Å². The summed E-state index contributed by atoms with van der Waals surface area (Å²) < 4.78 is 88.2. The van der Waals surface area contributed by atoms with E-state index in [-0.39, 0.29) is 0 Å². The van der Waals surface area contributed by atoms with E-state index in [0.717, 1.165) is 27.7 Å². The molecule has 0 rings (SSSR count). The zero-order valence-electron chi connectivity index (χ0n) is 12.7. The number of hydrogen-bond donors (Lipinski definition) is 0. The van der Waals surface area contributed by atoms with Crippen LogP contribution in [-0.4, -0.2) is 55.4 Å². The molecule has 4 unspecified atom stereocenters. The first kappa shape index (κ1) is 20.9. The summed E-state index contributed by atoms with van der Waals surface area (Å²) in [4.78, 5) is 11.6. The number of rotatable bonds is 8. The third-order valence-electron chi connectivity index (χ3n) is 3.66. The summed E-state index contributed by atoms with van der Waals surface area (Å²) in [5.41, 5.74) is -5.67. The molecular formula is C13H20F6O3. The topological polar surface area (TPSA) is 35.5 Å². The van der Waals surface area contributed by atoms with Crippen molar-refractivity contribution < 1.29 is 40.6 Å². The quantitative estimate of drug-likeness (QED) is 0.496. The Kier molecular flexibility index (Phi) is 7.50. The molecule has 0 amide bonds. The second-order valence-corrected chi connectivity index (χ2v) is 5.10. The molecule has 0 saturated carbocycles. The third kappa shape index (κ3) is 3.98. The highest BCUT2D eigenvalue weighted by atomic mass is 19.2. The molecular weight excluding hydrogens is 318 g/mol. The van der Waals surface area contributed by atoms with Crippen molar-refractivity contribution in [2.45, 2.75) is 63.6 Å². The first-order valence-electron chi connectivity index (χ1n) is 6.60. The van der Waals surface area contributed by atoms with Crippen LogP contribution in [0.3, 0.4) is 0 Å². The summed E-state index contributed by atoms with van der Waals surface area (Å²) in [6.45, 7) is -0.531. The van der Waals surface area contributed by atoms with Crippen LogP contribution in [0.25, 0.3) is 0 Å². The Hall–Kier alpha value is -1.15. The fourth-order valence-corrected chi connectivity index (χ4v) is 1.77. The van der Waals surface area contributed by atoms with Gasteiger partial charge in [-0.15, -0.1) is 0 Å². The van der Waals surface area contributed by atoms with Crippen molar-refractivity contribution in [2.24, 2.45) is 0 Å². The molecule has 0 aliphatic heterocycles. The second-order valence-electron chi connectivity index (χ2n) is 5.10. The number of carbonyl (C=O) groups is 1. The zero-order chi connectivity index (χ0) is 17.7. The zero-order valence-corrected chi connectivity index (χ0v) is 12.7. The molecule has 9 heteroatoms. The number of ether oxygens (including phenoxy) is 2. The lowest BCUT2D eigenvalue weighted by molar-refractivity contribution is -0.165. The summed E-state index contributed by atoms with van der Waals surface area (Å²) >= 11 is 0. The fourth-order valence-electron chi connectivity index (χ4n) is 1.77. The molecule has 0 saturated heterocycles. The molecule has 0 heterocycles. The van der Waals surface area contributed by atoms with E-state index >= 15 is 0 Å². The van der Waals surface area contributed by atoms with Gasteiger partial charge in [0.2, 0.25) is 11.2 Å². The minimum atomic E-state index is -2.84. The lowest BCUT2D eigenvalue weighted by atomic mass is 9.95. The van der Waals surface area contributed by atoms with Crippen LogP contribution in [0.5, 0.6) is 0 Å². The molecule has 0 spiro atoms. The predicted octanol–water partition coefficient (Wildman–Crippen LogP) is 3.99. The van der Waals surface area contributed by atoms with Crippen LogP contribution < -0.4 is 0 Å². The van der Waals surface area contributed by atoms with Crippen LogP contribution in [0.1, 0.15) is 27.7 Å². The Bertz CT molecular complexity index is 312. The van der Waals surface area contributed by atoms with Gasteiger partial charge in [-0.2, -0.15) is 0 Å². The normalized spacial score (nSPS) is 22.6. The molecule has 132 valence electrons. The number of halogens is 6. The van der Waals surface area contributed by atoms with Gasteiger partial charge in [0.1, 0.15) is 38.0 Å². The van der Waals surface area contributed by atoms with Gasteiger partial charge >= 0.3 is 6.16 Å². The molecule has 0 aromatic heterocycles. The standard InChI is InChI=1S/C13H20F6O3/c1-7(16)12(5-14,8(2)17)21-11(20)22-13(6-15,9(3)18)10(4)19/h7-10H,5-6H2,1-4H3. The second kappa shape index (κ2) is 7.92. The van der Waals surface area contributed by atoms with Crippen molar-refractivity contribution in [1.82, 2.24) is 0 Å². The average Bonchev–Trinajstić information content (AvgIpc) is 2.40. The van der Waals surface area contributed by atoms with E-state index in [1.54, 1.807) is 0 Å². The Labute approximate surface area is 125 Å². The monoisotopic (exact) mass is 338 g/mol. The van der Waals surface area contributed by atoms with Crippen LogP contribution in [0.15, 0.2) is 0 Å². The smallest absolute Gasteiger partial charge is 0.419 e. The Morgan fingerprint density at radius 3 is 1.14 bits per heavy atom. The fraction of sp³-hybridized carbons (Fsp3) is 0.923. The maximum atomic E-state index is 13.4. The Balaban J connectivity index is 5.34. The van der Waals surface area contributed by atoms with E-state index in [1.807, 2.05) is 0 Å². The summed E-state index contributed by atoms with van der Waals surface area (Å²) in [6.07, 6.45) is -11.1. The minimum absolute atomic E-state index is 0.737. The van der Waals surface area contributed by atoms with E-state index in [9.17, 15) is 31.1 Å². The molecule has 0 fully saturated rings. The van der Waals surface area contributed by atoms with Gasteiger partial charge in [0.15, 0.2) is 0 Å². The lowest BCUT2D eigenvalue weighted by Crippen LogP contribution is -2.56. The number of alkyl halides is 6. The molecule has 22 heavy (non-hydrogen) atoms. The van der Waals surface area contributed by atoms with Crippen molar-refractivity contribution in [2.75, 3.05) is 13.3 Å². The van der Waals surface area contributed by atoms with Gasteiger partial charge < -0.3 is 9.47 Å². The predicted molar refractivity (Wildman–Crippen MR) is 67.3 cm³/mol. The molecule has 0 radical (unpaired) electrons. The lowest BCUT2D eigenvalue weighted by Gasteiger charge is -2.37. The molecule has 4 atom stereocenters. The van der Waals surface area contributed by atoms with Gasteiger partial charge in [0.25, 0.3) is 0 Å². The van der Waals surface area contributed by atoms with Gasteiger partial charge in [0.05, 0.1) is 0 Å². The largest absolute Gasteiger partial charge is 0.509 e. The van der Waals surface area contributed by atoms with E-state index < -0.39 is 55.4 Å². The Morgan fingerprint density at radius 2 is 1.00 bits per heavy atom. The molecule has 0 bridgehead atoms. The van der Waals surface area contributed by atoms with E-state index in [2.05, 4.69) is 9.47 Å². The SMILES string of the molecule is CC(F)C(CF)(OC(=O)OC(CF)(C(C)F)C(C)F)C(C)F. The van der Waals surface area contributed by atoms with Gasteiger partial charge in [-0.1, -0.05) is 0 Å². The molecule has 0 aliphatic rings. The van der Waals surface area contributed by atoms with Crippen molar-refractivity contribution >= 4 is 6.16 Å². The first-order valence-corrected chi connectivity index (χ1v) is 6.60. The summed E-state index contributed by atoms with van der Waals surface area (Å²) in [5, 5.41) is 0. The van der Waals surface area contributed by atoms with Crippen LogP contribution in [0.4, 0.5) is 31.1 Å². The van der Waals surface area contributed by atoms with Gasteiger partial charge in [0, 0.05) is 0 Å². The third-order valence-corrected chi connectivity index (χ3v) is 3.66. The van der Waals surface area contributed by atoms with E-state index in [1.165, 1.54) is 0 Å². The molecule has 0 aliphatic carbocycles. The summed E-state index contributed by atoms with van der Waals surface area (Å²) in [6, 6.07) is 0. The molecule has 0 aromatic rings. The van der Waals surface area contributed by atoms with Gasteiger partial charge in [-0.25, -0.2) is 31.1 Å². The van der Waals surface area contributed by atoms with Gasteiger partial charge in [-0.3, -0.25) is 0 Å². The van der Waals surface area contributed by atoms with Crippen LogP contribution >= 0.6 is 0 Å². The van der Waals surface area contributed by atoms with Crippen LogP contribution in [0.2, 0.25) is 0 Å². The Morgan fingerprint density at radius 1 is 0.773 bits per heavy atom. The highest BCUT2D eigenvalue weighted by molar-refractivity contribution is 5.62. The highest BCUT2D eigenvalue weighted by Crippen LogP contribution is 2.31. The van der Waals surface area contributed by atoms with Crippen molar-refractivity contribution in [3.8, 4) is 0 Å². The highest BCUT2D eigenvalue weighted by Gasteiger charge is 2.52. The molecule has 0 aromatic carbocycles.